The number of aromatic nitrogens is 2. The first kappa shape index (κ1) is 26.2. The molecule has 1 amide bonds. The monoisotopic (exact) mass is 516 g/mol. The number of nitrogens with zero attached hydrogens (tertiary/aromatic N) is 3. The molecule has 8 atom stereocenters. The number of halogens is 2. The topological polar surface area (TPSA) is 111 Å². The molecule has 2 saturated carbocycles. The molecular formula is C23H34F2N4O5S. The summed E-state index contributed by atoms with van der Waals surface area (Å²) in [7, 11) is -3.52. The molecule has 12 heteroatoms. The summed E-state index contributed by atoms with van der Waals surface area (Å²) >= 11 is 0. The standard InChI is InChI=1S/C23H34F2N4O5S/c1-13(24)11-34-22(30)29-14(2)7-19(28-35(4,31)32)20(29)12-33-17-5-6-23(15(3)18(23)8-17)21-26-9-16(25)10-27-21/h9-10,13-15,17-20,28H,5-8,11-12H2,1-4H3/t13?,14-,15?,17+,18?,19+,20+,23-/m1/s1. The fourth-order valence-corrected chi connectivity index (χ4v) is 6.91. The largest absolute Gasteiger partial charge is 0.446 e. The van der Waals surface area contributed by atoms with Crippen molar-refractivity contribution in [2.75, 3.05) is 19.5 Å². The van der Waals surface area contributed by atoms with E-state index in [4.69, 9.17) is 9.47 Å². The van der Waals surface area contributed by atoms with E-state index in [1.54, 1.807) is 6.92 Å². The maximum Gasteiger partial charge on any atom is 0.410 e. The molecule has 0 spiro atoms. The zero-order valence-corrected chi connectivity index (χ0v) is 21.3. The molecule has 4 rings (SSSR count). The summed E-state index contributed by atoms with van der Waals surface area (Å²) in [4.78, 5) is 22.7. The van der Waals surface area contributed by atoms with Crippen molar-refractivity contribution >= 4 is 16.1 Å². The summed E-state index contributed by atoms with van der Waals surface area (Å²) in [5.74, 6) is 0.875. The summed E-state index contributed by atoms with van der Waals surface area (Å²) in [6.07, 6.45) is 4.16. The van der Waals surface area contributed by atoms with Gasteiger partial charge in [0.05, 0.1) is 37.4 Å². The normalized spacial score (nSPS) is 35.4. The lowest BCUT2D eigenvalue weighted by Gasteiger charge is -2.33. The van der Waals surface area contributed by atoms with Crippen LogP contribution in [0.2, 0.25) is 0 Å². The van der Waals surface area contributed by atoms with Crippen LogP contribution in [0.25, 0.3) is 0 Å². The quantitative estimate of drug-likeness (QED) is 0.565. The molecule has 0 bridgehead atoms. The van der Waals surface area contributed by atoms with Gasteiger partial charge in [0.2, 0.25) is 10.0 Å². The molecular weight excluding hydrogens is 482 g/mol. The van der Waals surface area contributed by atoms with Gasteiger partial charge in [0, 0.05) is 17.5 Å². The molecule has 1 aliphatic heterocycles. The van der Waals surface area contributed by atoms with Crippen molar-refractivity contribution < 1.29 is 31.5 Å². The van der Waals surface area contributed by atoms with E-state index in [1.807, 2.05) is 0 Å². The minimum Gasteiger partial charge on any atom is -0.446 e. The Hall–Kier alpha value is -1.92. The highest BCUT2D eigenvalue weighted by Gasteiger charge is 2.66. The molecule has 1 saturated heterocycles. The second kappa shape index (κ2) is 9.85. The van der Waals surface area contributed by atoms with Gasteiger partial charge in [-0.05, 0) is 51.4 Å². The molecule has 0 aromatic carbocycles. The highest BCUT2D eigenvalue weighted by Crippen LogP contribution is 2.66. The Bertz CT molecular complexity index is 1030. The number of carbonyl (C=O) groups excluding carboxylic acids is 1. The zero-order chi connectivity index (χ0) is 25.5. The van der Waals surface area contributed by atoms with Crippen LogP contribution in [0.1, 0.15) is 52.3 Å². The van der Waals surface area contributed by atoms with E-state index in [1.165, 1.54) is 24.2 Å². The number of likely N-dealkylation sites (tertiary alicyclic amines) is 1. The molecule has 35 heavy (non-hydrogen) atoms. The minimum absolute atomic E-state index is 0.0722. The van der Waals surface area contributed by atoms with Crippen molar-refractivity contribution in [3.63, 3.8) is 0 Å². The predicted molar refractivity (Wildman–Crippen MR) is 123 cm³/mol. The number of hydrogen-bond acceptors (Lipinski definition) is 7. The number of rotatable bonds is 8. The molecule has 2 aliphatic carbocycles. The second-order valence-corrected chi connectivity index (χ2v) is 12.1. The Morgan fingerprint density at radius 3 is 2.60 bits per heavy atom. The molecule has 0 radical (unpaired) electrons. The molecule has 3 unspecified atom stereocenters. The Balaban J connectivity index is 1.42. The summed E-state index contributed by atoms with van der Waals surface area (Å²) in [6, 6.07) is -1.42. The van der Waals surface area contributed by atoms with Gasteiger partial charge in [-0.15, -0.1) is 0 Å². The van der Waals surface area contributed by atoms with E-state index in [2.05, 4.69) is 21.6 Å². The molecule has 1 N–H and O–H groups in total. The lowest BCUT2D eigenvalue weighted by Crippen LogP contribution is -2.50. The van der Waals surface area contributed by atoms with Gasteiger partial charge in [0.1, 0.15) is 18.6 Å². The van der Waals surface area contributed by atoms with Crippen LogP contribution in [0, 0.1) is 17.7 Å². The fraction of sp³-hybridized carbons (Fsp3) is 0.783. The lowest BCUT2D eigenvalue weighted by molar-refractivity contribution is -0.0135. The van der Waals surface area contributed by atoms with Gasteiger partial charge in [-0.25, -0.2) is 36.7 Å². The van der Waals surface area contributed by atoms with Crippen molar-refractivity contribution in [3.05, 3.63) is 24.0 Å². The van der Waals surface area contributed by atoms with Crippen molar-refractivity contribution in [3.8, 4) is 0 Å². The van der Waals surface area contributed by atoms with Crippen molar-refractivity contribution in [2.24, 2.45) is 11.8 Å². The van der Waals surface area contributed by atoms with E-state index in [-0.39, 0.29) is 30.8 Å². The van der Waals surface area contributed by atoms with Gasteiger partial charge >= 0.3 is 6.09 Å². The third-order valence-electron chi connectivity index (χ3n) is 7.81. The highest BCUT2D eigenvalue weighted by molar-refractivity contribution is 7.88. The number of amides is 1. The molecule has 196 valence electrons. The van der Waals surface area contributed by atoms with Gasteiger partial charge in [0.25, 0.3) is 0 Å². The summed E-state index contributed by atoms with van der Waals surface area (Å²) in [5, 5.41) is 0. The van der Waals surface area contributed by atoms with Gasteiger partial charge in [0.15, 0.2) is 5.82 Å². The Morgan fingerprint density at radius 1 is 1.31 bits per heavy atom. The number of sulfonamides is 1. The number of fused-ring (bicyclic) bond motifs is 1. The maximum absolute atomic E-state index is 13.3. The average molecular weight is 517 g/mol. The zero-order valence-electron chi connectivity index (χ0n) is 20.5. The predicted octanol–water partition coefficient (Wildman–Crippen LogP) is 2.56. The fourth-order valence-electron chi connectivity index (χ4n) is 6.11. The van der Waals surface area contributed by atoms with E-state index < -0.39 is 40.2 Å². The SMILES string of the molecule is CC(F)COC(=O)N1[C@H](C)C[C@H](NS(C)(=O)=O)[C@@H]1CO[C@H]1CC[C@@]2(c3ncc(F)cn3)C(C)C2C1. The van der Waals surface area contributed by atoms with Crippen LogP contribution < -0.4 is 4.72 Å². The van der Waals surface area contributed by atoms with Crippen LogP contribution in [0.3, 0.4) is 0 Å². The van der Waals surface area contributed by atoms with Crippen LogP contribution in [0.15, 0.2) is 12.4 Å². The first-order valence-electron chi connectivity index (χ1n) is 12.1. The lowest BCUT2D eigenvalue weighted by atomic mass is 9.85. The number of alkyl halides is 1. The Kier molecular flexibility index (Phi) is 7.36. The first-order valence-corrected chi connectivity index (χ1v) is 14.0. The third-order valence-corrected chi connectivity index (χ3v) is 8.54. The van der Waals surface area contributed by atoms with Crippen LogP contribution >= 0.6 is 0 Å². The average Bonchev–Trinajstić information content (AvgIpc) is 3.24. The van der Waals surface area contributed by atoms with Crippen LogP contribution in [-0.2, 0) is 24.9 Å². The van der Waals surface area contributed by atoms with Gasteiger partial charge in [-0.3, -0.25) is 4.90 Å². The molecule has 1 aromatic heterocycles. The summed E-state index contributed by atoms with van der Waals surface area (Å²) in [5.41, 5.74) is -0.158. The van der Waals surface area contributed by atoms with Gasteiger partial charge in [-0.1, -0.05) is 6.92 Å². The minimum atomic E-state index is -3.52. The van der Waals surface area contributed by atoms with Crippen molar-refractivity contribution in [2.45, 2.75) is 82.3 Å². The second-order valence-electron chi connectivity index (χ2n) is 10.3. The Morgan fingerprint density at radius 2 is 2.00 bits per heavy atom. The van der Waals surface area contributed by atoms with Crippen molar-refractivity contribution in [1.82, 2.24) is 19.6 Å². The third kappa shape index (κ3) is 5.43. The highest BCUT2D eigenvalue weighted by atomic mass is 32.2. The van der Waals surface area contributed by atoms with Crippen LogP contribution in [-0.4, -0.2) is 79.2 Å². The molecule has 3 aliphatic rings. The summed E-state index contributed by atoms with van der Waals surface area (Å²) < 4.78 is 64.4. The molecule has 1 aromatic rings. The van der Waals surface area contributed by atoms with Gasteiger partial charge < -0.3 is 9.47 Å². The number of hydrogen-bond donors (Lipinski definition) is 1. The van der Waals surface area contributed by atoms with E-state index in [0.29, 0.717) is 24.1 Å². The Labute approximate surface area is 205 Å². The number of carbonyl (C=O) groups is 1. The van der Waals surface area contributed by atoms with E-state index in [9.17, 15) is 22.0 Å². The number of ether oxygens (including phenoxy) is 2. The smallest absolute Gasteiger partial charge is 0.410 e. The first-order chi connectivity index (χ1) is 16.4. The van der Waals surface area contributed by atoms with Crippen LogP contribution in [0.4, 0.5) is 13.6 Å². The summed E-state index contributed by atoms with van der Waals surface area (Å²) in [6.45, 7) is 5.02. The molecule has 9 nitrogen and oxygen atoms in total. The van der Waals surface area contributed by atoms with E-state index in [0.717, 1.165) is 25.5 Å². The molecule has 3 fully saturated rings. The van der Waals surface area contributed by atoms with Crippen molar-refractivity contribution in [1.29, 1.82) is 0 Å². The molecule has 2 heterocycles. The maximum atomic E-state index is 13.3. The van der Waals surface area contributed by atoms with Crippen LogP contribution in [0.5, 0.6) is 0 Å². The van der Waals surface area contributed by atoms with E-state index >= 15 is 0 Å². The number of nitrogens with one attached hydrogen (secondary N) is 1. The van der Waals surface area contributed by atoms with Gasteiger partial charge in [-0.2, -0.15) is 0 Å².